The number of benzene rings is 2. The van der Waals surface area contributed by atoms with Crippen LogP contribution >= 0.6 is 24.0 Å². The Morgan fingerprint density at radius 1 is 1.12 bits per heavy atom. The average Bonchev–Trinajstić information content (AvgIpc) is 2.78. The molecule has 1 atom stereocenters. The van der Waals surface area contributed by atoms with Crippen molar-refractivity contribution < 1.29 is 9.53 Å². The Morgan fingerprint density at radius 2 is 1.84 bits per heavy atom. The maximum Gasteiger partial charge on any atom is 0.253 e. The maximum absolute atomic E-state index is 12.1. The van der Waals surface area contributed by atoms with Crippen molar-refractivity contribution in [2.75, 3.05) is 40.8 Å². The molecule has 0 aliphatic carbocycles. The van der Waals surface area contributed by atoms with Crippen molar-refractivity contribution in [2.45, 2.75) is 32.6 Å². The molecular formula is C25H37IN4O2. The van der Waals surface area contributed by atoms with Crippen LogP contribution in [0.1, 0.15) is 47.7 Å². The highest BCUT2D eigenvalue weighted by molar-refractivity contribution is 14.0. The fourth-order valence-corrected chi connectivity index (χ4v) is 3.25. The second-order valence-electron chi connectivity index (χ2n) is 7.80. The number of aliphatic imine (C=N–C) groups is 1. The van der Waals surface area contributed by atoms with Crippen LogP contribution in [0.2, 0.25) is 0 Å². The zero-order valence-electron chi connectivity index (χ0n) is 19.9. The summed E-state index contributed by atoms with van der Waals surface area (Å²) in [4.78, 5) is 18.5. The molecule has 0 fully saturated rings. The van der Waals surface area contributed by atoms with Crippen LogP contribution < -0.4 is 15.4 Å². The fourth-order valence-electron chi connectivity index (χ4n) is 3.25. The first-order valence-corrected chi connectivity index (χ1v) is 10.9. The Morgan fingerprint density at radius 3 is 2.47 bits per heavy atom. The molecule has 0 aromatic heterocycles. The first-order valence-electron chi connectivity index (χ1n) is 10.9. The topological polar surface area (TPSA) is 66.0 Å². The molecule has 0 aliphatic rings. The first kappa shape index (κ1) is 27.7. The van der Waals surface area contributed by atoms with Gasteiger partial charge >= 0.3 is 0 Å². The van der Waals surface area contributed by atoms with E-state index in [1.165, 1.54) is 5.56 Å². The number of rotatable bonds is 10. The summed E-state index contributed by atoms with van der Waals surface area (Å²) in [5.41, 5.74) is 3.14. The van der Waals surface area contributed by atoms with Crippen LogP contribution in [-0.4, -0.2) is 57.6 Å². The summed E-state index contributed by atoms with van der Waals surface area (Å²) in [6.07, 6.45) is 1.79. The van der Waals surface area contributed by atoms with E-state index in [0.29, 0.717) is 5.92 Å². The van der Waals surface area contributed by atoms with Crippen molar-refractivity contribution >= 4 is 35.8 Å². The van der Waals surface area contributed by atoms with Gasteiger partial charge < -0.3 is 20.3 Å². The van der Waals surface area contributed by atoms with Gasteiger partial charge in [0.05, 0.1) is 7.11 Å². The quantitative estimate of drug-likeness (QED) is 0.262. The van der Waals surface area contributed by atoms with Crippen molar-refractivity contribution in [1.82, 2.24) is 15.5 Å². The van der Waals surface area contributed by atoms with Crippen LogP contribution in [0.15, 0.2) is 53.5 Å². The van der Waals surface area contributed by atoms with Crippen molar-refractivity contribution in [3.8, 4) is 5.75 Å². The van der Waals surface area contributed by atoms with Crippen LogP contribution in [0.4, 0.5) is 0 Å². The van der Waals surface area contributed by atoms with Crippen molar-refractivity contribution in [3.63, 3.8) is 0 Å². The molecular weight excluding hydrogens is 515 g/mol. The molecule has 1 unspecified atom stereocenters. The third-order valence-electron chi connectivity index (χ3n) is 5.15. The molecule has 0 heterocycles. The van der Waals surface area contributed by atoms with Crippen LogP contribution in [0.5, 0.6) is 5.75 Å². The van der Waals surface area contributed by atoms with Gasteiger partial charge in [0, 0.05) is 39.3 Å². The Balaban J connectivity index is 0.00000512. The molecule has 32 heavy (non-hydrogen) atoms. The number of carbonyl (C=O) groups is 1. The van der Waals surface area contributed by atoms with E-state index in [0.717, 1.165) is 55.3 Å². The van der Waals surface area contributed by atoms with Gasteiger partial charge in [-0.15, -0.1) is 24.0 Å². The Bertz CT molecular complexity index is 853. The van der Waals surface area contributed by atoms with Gasteiger partial charge in [0.1, 0.15) is 5.75 Å². The number of carbonyl (C=O) groups excluding carboxylic acids is 1. The van der Waals surface area contributed by atoms with E-state index in [9.17, 15) is 4.79 Å². The summed E-state index contributed by atoms with van der Waals surface area (Å²) in [6, 6.07) is 16.0. The maximum atomic E-state index is 12.1. The summed E-state index contributed by atoms with van der Waals surface area (Å²) in [7, 11) is 5.22. The second kappa shape index (κ2) is 14.7. The predicted molar refractivity (Wildman–Crippen MR) is 144 cm³/mol. The van der Waals surface area contributed by atoms with Crippen LogP contribution in [0, 0.1) is 0 Å². The van der Waals surface area contributed by atoms with Crippen molar-refractivity contribution in [1.29, 1.82) is 0 Å². The lowest BCUT2D eigenvalue weighted by atomic mass is 9.98. The highest BCUT2D eigenvalue weighted by Crippen LogP contribution is 2.21. The molecule has 0 bridgehead atoms. The van der Waals surface area contributed by atoms with Crippen LogP contribution in [-0.2, 0) is 6.42 Å². The minimum atomic E-state index is 0. The summed E-state index contributed by atoms with van der Waals surface area (Å²) >= 11 is 0. The van der Waals surface area contributed by atoms with Gasteiger partial charge in [-0.3, -0.25) is 9.79 Å². The lowest BCUT2D eigenvalue weighted by molar-refractivity contribution is 0.0827. The first-order chi connectivity index (χ1) is 14.9. The molecule has 0 spiro atoms. The molecule has 0 saturated heterocycles. The number of hydrogen-bond acceptors (Lipinski definition) is 3. The predicted octanol–water partition coefficient (Wildman–Crippen LogP) is 4.31. The van der Waals surface area contributed by atoms with Gasteiger partial charge in [0.15, 0.2) is 5.96 Å². The number of halogens is 1. The lowest BCUT2D eigenvalue weighted by Gasteiger charge is -2.14. The molecule has 6 nitrogen and oxygen atoms in total. The Kier molecular flexibility index (Phi) is 12.8. The van der Waals surface area contributed by atoms with E-state index in [2.05, 4.69) is 42.7 Å². The van der Waals surface area contributed by atoms with Crippen LogP contribution in [0.25, 0.3) is 0 Å². The van der Waals surface area contributed by atoms with E-state index in [1.807, 2.05) is 30.3 Å². The second-order valence-corrected chi connectivity index (χ2v) is 7.80. The van der Waals surface area contributed by atoms with Gasteiger partial charge in [-0.1, -0.05) is 31.2 Å². The Labute approximate surface area is 209 Å². The molecule has 2 aromatic carbocycles. The van der Waals surface area contributed by atoms with E-state index >= 15 is 0 Å². The van der Waals surface area contributed by atoms with E-state index in [1.54, 1.807) is 26.1 Å². The summed E-state index contributed by atoms with van der Waals surface area (Å²) < 4.78 is 5.23. The number of nitrogens with one attached hydrogen (secondary N) is 2. The molecule has 0 aliphatic heterocycles. The molecule has 1 amide bonds. The smallest absolute Gasteiger partial charge is 0.253 e. The average molecular weight is 553 g/mol. The van der Waals surface area contributed by atoms with Crippen molar-refractivity contribution in [2.24, 2.45) is 4.99 Å². The Hall–Kier alpha value is -2.29. The van der Waals surface area contributed by atoms with E-state index in [4.69, 9.17) is 9.73 Å². The minimum Gasteiger partial charge on any atom is -0.497 e. The van der Waals surface area contributed by atoms with Gasteiger partial charge in [-0.2, -0.15) is 0 Å². The SMILES string of the molecule is CCNC(=NCCC(C)c1ccc(OC)cc1)NCCc1cccc(C(=O)N(C)C)c1.I. The number of nitrogens with zero attached hydrogens (tertiary/aromatic N) is 2. The zero-order valence-corrected chi connectivity index (χ0v) is 22.2. The molecule has 2 N–H and O–H groups in total. The van der Waals surface area contributed by atoms with Gasteiger partial charge in [0.25, 0.3) is 5.91 Å². The van der Waals surface area contributed by atoms with Gasteiger partial charge in [0.2, 0.25) is 0 Å². The third-order valence-corrected chi connectivity index (χ3v) is 5.15. The molecule has 176 valence electrons. The number of ether oxygens (including phenoxy) is 1. The molecule has 2 rings (SSSR count). The van der Waals surface area contributed by atoms with Gasteiger partial charge in [-0.05, 0) is 61.1 Å². The van der Waals surface area contributed by atoms with Crippen LogP contribution in [0.3, 0.4) is 0 Å². The largest absolute Gasteiger partial charge is 0.497 e. The highest BCUT2D eigenvalue weighted by atomic mass is 127. The standard InChI is InChI=1S/C25H36N4O2.HI/c1-6-26-25(27-16-14-19(2)21-10-12-23(31-5)13-11-21)28-17-15-20-8-7-9-22(18-20)24(30)29(3)4;/h7-13,18-19H,6,14-17H2,1-5H3,(H2,26,27,28);1H. The normalized spacial score (nSPS) is 11.8. The third kappa shape index (κ3) is 9.06. The molecule has 7 heteroatoms. The molecule has 0 saturated carbocycles. The zero-order chi connectivity index (χ0) is 22.6. The van der Waals surface area contributed by atoms with Gasteiger partial charge in [-0.25, -0.2) is 0 Å². The number of guanidine groups is 1. The number of amides is 1. The summed E-state index contributed by atoms with van der Waals surface area (Å²) in [6.45, 7) is 6.59. The van der Waals surface area contributed by atoms with E-state index < -0.39 is 0 Å². The summed E-state index contributed by atoms with van der Waals surface area (Å²) in [5.74, 6) is 2.15. The summed E-state index contributed by atoms with van der Waals surface area (Å²) in [5, 5.41) is 6.70. The minimum absolute atomic E-state index is 0. The monoisotopic (exact) mass is 552 g/mol. The number of hydrogen-bond donors (Lipinski definition) is 2. The highest BCUT2D eigenvalue weighted by Gasteiger charge is 2.09. The number of methoxy groups -OCH3 is 1. The molecule has 0 radical (unpaired) electrons. The lowest BCUT2D eigenvalue weighted by Crippen LogP contribution is -2.38. The molecule has 2 aromatic rings. The van der Waals surface area contributed by atoms with E-state index in [-0.39, 0.29) is 29.9 Å². The fraction of sp³-hybridized carbons (Fsp3) is 0.440. The van der Waals surface area contributed by atoms with Crippen molar-refractivity contribution in [3.05, 3.63) is 65.2 Å².